The molecule has 0 unspecified atom stereocenters. The third-order valence-corrected chi connectivity index (χ3v) is 6.17. The van der Waals surface area contributed by atoms with Crippen molar-refractivity contribution in [3.8, 4) is 0 Å². The molecule has 1 saturated heterocycles. The summed E-state index contributed by atoms with van der Waals surface area (Å²) in [4.78, 5) is 34.6. The number of nitrogens with zero attached hydrogens (tertiary/aromatic N) is 6. The predicted octanol–water partition coefficient (Wildman–Crippen LogP) is 1.23. The van der Waals surface area contributed by atoms with Crippen molar-refractivity contribution >= 4 is 0 Å². The number of aromatic nitrogens is 5. The summed E-state index contributed by atoms with van der Waals surface area (Å²) >= 11 is 0. The highest BCUT2D eigenvalue weighted by Gasteiger charge is 2.31. The molecule has 2 fully saturated rings. The molecule has 28 heavy (non-hydrogen) atoms. The van der Waals surface area contributed by atoms with Crippen LogP contribution in [-0.4, -0.2) is 48.3 Å². The predicted molar refractivity (Wildman–Crippen MR) is 101 cm³/mol. The summed E-state index contributed by atoms with van der Waals surface area (Å²) in [6.07, 6.45) is 9.46. The van der Waals surface area contributed by atoms with Crippen LogP contribution in [0.2, 0.25) is 0 Å². The van der Waals surface area contributed by atoms with Gasteiger partial charge >= 0.3 is 5.69 Å². The van der Waals surface area contributed by atoms with Gasteiger partial charge in [0.1, 0.15) is 12.0 Å². The number of likely N-dealkylation sites (tertiary alicyclic amines) is 1. The molecule has 0 aromatic carbocycles. The quantitative estimate of drug-likeness (QED) is 0.786. The average Bonchev–Trinajstić information content (AvgIpc) is 2.73. The van der Waals surface area contributed by atoms with E-state index in [1.54, 1.807) is 0 Å². The Balaban J connectivity index is 1.33. The third-order valence-electron chi connectivity index (χ3n) is 6.17. The summed E-state index contributed by atoms with van der Waals surface area (Å²) in [7, 11) is 1.49. The summed E-state index contributed by atoms with van der Waals surface area (Å²) in [5.41, 5.74) is -0.709. The van der Waals surface area contributed by atoms with Crippen molar-refractivity contribution in [2.45, 2.75) is 56.5 Å². The van der Waals surface area contributed by atoms with Crippen LogP contribution in [0, 0.1) is 5.82 Å². The summed E-state index contributed by atoms with van der Waals surface area (Å²) < 4.78 is 15.6. The molecule has 0 atom stereocenters. The molecule has 1 aliphatic heterocycles. The maximum atomic E-state index is 13.0. The van der Waals surface area contributed by atoms with Gasteiger partial charge in [0.25, 0.3) is 5.56 Å². The standard InChI is InChI=1S/C19H25FN6O2/c1-24-17(27)12-23-26(19(24)28)16-4-2-15(3-5-16)25-8-6-13(7-9-25)18-21-10-14(20)11-22-18/h10-13,15-16H,2-9H2,1H3. The second kappa shape index (κ2) is 7.90. The molecule has 3 heterocycles. The van der Waals surface area contributed by atoms with E-state index >= 15 is 0 Å². The Morgan fingerprint density at radius 3 is 2.18 bits per heavy atom. The topological polar surface area (TPSA) is 85.9 Å². The molecule has 2 aromatic heterocycles. The van der Waals surface area contributed by atoms with Crippen molar-refractivity contribution < 1.29 is 4.39 Å². The lowest BCUT2D eigenvalue weighted by molar-refractivity contribution is 0.104. The molecule has 2 aromatic rings. The fourth-order valence-electron chi connectivity index (χ4n) is 4.47. The fraction of sp³-hybridized carbons (Fsp3) is 0.632. The van der Waals surface area contributed by atoms with E-state index in [-0.39, 0.29) is 17.3 Å². The van der Waals surface area contributed by atoms with E-state index in [9.17, 15) is 14.0 Å². The lowest BCUT2D eigenvalue weighted by atomic mass is 9.87. The Morgan fingerprint density at radius 2 is 1.54 bits per heavy atom. The highest BCUT2D eigenvalue weighted by Crippen LogP contribution is 2.33. The maximum Gasteiger partial charge on any atom is 0.347 e. The molecule has 4 rings (SSSR count). The first kappa shape index (κ1) is 18.9. The first-order valence-corrected chi connectivity index (χ1v) is 9.89. The normalized spacial score (nSPS) is 24.4. The molecule has 0 N–H and O–H groups in total. The highest BCUT2D eigenvalue weighted by atomic mass is 19.1. The summed E-state index contributed by atoms with van der Waals surface area (Å²) in [5.74, 6) is 0.636. The van der Waals surface area contributed by atoms with Gasteiger partial charge in [0.15, 0.2) is 5.82 Å². The zero-order valence-corrected chi connectivity index (χ0v) is 16.0. The molecule has 0 amide bonds. The third kappa shape index (κ3) is 3.76. The molecule has 1 aliphatic carbocycles. The summed E-state index contributed by atoms with van der Waals surface area (Å²) in [6, 6.07) is 0.565. The minimum Gasteiger partial charge on any atom is -0.300 e. The minimum absolute atomic E-state index is 0.0562. The Morgan fingerprint density at radius 1 is 0.929 bits per heavy atom. The molecule has 0 spiro atoms. The van der Waals surface area contributed by atoms with Crippen molar-refractivity contribution in [2.24, 2.45) is 7.05 Å². The fourth-order valence-corrected chi connectivity index (χ4v) is 4.47. The van der Waals surface area contributed by atoms with Gasteiger partial charge in [-0.15, -0.1) is 0 Å². The zero-order chi connectivity index (χ0) is 19.7. The van der Waals surface area contributed by atoms with Crippen molar-refractivity contribution in [3.63, 3.8) is 0 Å². The monoisotopic (exact) mass is 388 g/mol. The minimum atomic E-state index is -0.398. The van der Waals surface area contributed by atoms with Crippen LogP contribution in [0.5, 0.6) is 0 Å². The molecular weight excluding hydrogens is 363 g/mol. The van der Waals surface area contributed by atoms with Gasteiger partial charge in [0.2, 0.25) is 0 Å². The van der Waals surface area contributed by atoms with Gasteiger partial charge in [-0.25, -0.2) is 23.8 Å². The Bertz CT molecular complexity index is 925. The molecule has 0 radical (unpaired) electrons. The van der Waals surface area contributed by atoms with Crippen LogP contribution in [0.25, 0.3) is 0 Å². The molecule has 1 saturated carbocycles. The molecular formula is C19H25FN6O2. The van der Waals surface area contributed by atoms with Gasteiger partial charge in [-0.05, 0) is 51.6 Å². The van der Waals surface area contributed by atoms with Gasteiger partial charge in [-0.2, -0.15) is 5.10 Å². The van der Waals surface area contributed by atoms with E-state index in [0.717, 1.165) is 62.0 Å². The highest BCUT2D eigenvalue weighted by molar-refractivity contribution is 5.01. The Kier molecular flexibility index (Phi) is 5.34. The maximum absolute atomic E-state index is 13.0. The van der Waals surface area contributed by atoms with Crippen molar-refractivity contribution in [1.29, 1.82) is 0 Å². The summed E-state index contributed by atoms with van der Waals surface area (Å²) in [5, 5.41) is 4.07. The zero-order valence-electron chi connectivity index (χ0n) is 16.0. The summed E-state index contributed by atoms with van der Waals surface area (Å²) in [6.45, 7) is 1.97. The smallest absolute Gasteiger partial charge is 0.300 e. The van der Waals surface area contributed by atoms with Crippen molar-refractivity contribution in [3.05, 3.63) is 51.1 Å². The lowest BCUT2D eigenvalue weighted by Crippen LogP contribution is -2.45. The van der Waals surface area contributed by atoms with Crippen LogP contribution in [0.15, 0.2) is 28.2 Å². The van der Waals surface area contributed by atoms with Crippen LogP contribution >= 0.6 is 0 Å². The first-order valence-electron chi connectivity index (χ1n) is 9.89. The van der Waals surface area contributed by atoms with Crippen LogP contribution in [0.1, 0.15) is 56.3 Å². The average molecular weight is 388 g/mol. The van der Waals surface area contributed by atoms with Gasteiger partial charge in [0.05, 0.1) is 18.4 Å². The van der Waals surface area contributed by atoms with Gasteiger partial charge in [-0.1, -0.05) is 0 Å². The van der Waals surface area contributed by atoms with Crippen molar-refractivity contribution in [2.75, 3.05) is 13.1 Å². The molecule has 8 nitrogen and oxygen atoms in total. The lowest BCUT2D eigenvalue weighted by Gasteiger charge is -2.40. The van der Waals surface area contributed by atoms with E-state index in [1.165, 1.54) is 30.3 Å². The molecule has 9 heteroatoms. The van der Waals surface area contributed by atoms with Gasteiger partial charge < -0.3 is 4.90 Å². The van der Waals surface area contributed by atoms with Gasteiger partial charge in [-0.3, -0.25) is 9.36 Å². The van der Waals surface area contributed by atoms with Crippen LogP contribution < -0.4 is 11.2 Å². The Labute approximate surface area is 162 Å². The Hall–Kier alpha value is -2.42. The van der Waals surface area contributed by atoms with Crippen LogP contribution in [0.3, 0.4) is 0 Å². The van der Waals surface area contributed by atoms with Crippen LogP contribution in [0.4, 0.5) is 4.39 Å². The molecule has 150 valence electrons. The van der Waals surface area contributed by atoms with E-state index in [2.05, 4.69) is 20.0 Å². The number of rotatable bonds is 3. The number of piperidine rings is 1. The second-order valence-electron chi connectivity index (χ2n) is 7.80. The van der Waals surface area contributed by atoms with E-state index in [0.29, 0.717) is 12.0 Å². The number of hydrogen-bond donors (Lipinski definition) is 0. The largest absolute Gasteiger partial charge is 0.347 e. The molecule has 2 aliphatic rings. The van der Waals surface area contributed by atoms with Gasteiger partial charge in [0, 0.05) is 19.0 Å². The van der Waals surface area contributed by atoms with Crippen LogP contribution in [-0.2, 0) is 7.05 Å². The van der Waals surface area contributed by atoms with E-state index in [4.69, 9.17) is 0 Å². The van der Waals surface area contributed by atoms with E-state index < -0.39 is 5.82 Å². The number of hydrogen-bond acceptors (Lipinski definition) is 6. The SMILES string of the molecule is Cn1c(=O)cnn(C2CCC(N3CCC(c4ncc(F)cn4)CC3)CC2)c1=O. The molecule has 0 bridgehead atoms. The number of halogens is 1. The van der Waals surface area contributed by atoms with Crippen molar-refractivity contribution in [1.82, 2.24) is 29.2 Å². The first-order chi connectivity index (χ1) is 13.5. The second-order valence-corrected chi connectivity index (χ2v) is 7.80. The van der Waals surface area contributed by atoms with E-state index in [1.807, 2.05) is 0 Å².